The van der Waals surface area contributed by atoms with E-state index in [1.165, 1.54) is 22.7 Å². The molecule has 0 spiro atoms. The minimum absolute atomic E-state index is 0.00979. The predicted octanol–water partition coefficient (Wildman–Crippen LogP) is 5.51. The monoisotopic (exact) mass is 562 g/mol. The molecule has 0 saturated heterocycles. The Labute approximate surface area is 220 Å². The number of hydrogen-bond donors (Lipinski definition) is 2. The van der Waals surface area contributed by atoms with Crippen LogP contribution in [-0.4, -0.2) is 45.2 Å². The van der Waals surface area contributed by atoms with Crippen molar-refractivity contribution in [3.05, 3.63) is 59.4 Å². The topological polar surface area (TPSA) is 76.0 Å². The Morgan fingerprint density at radius 2 is 1.79 bits per heavy atom. The average Bonchev–Trinajstić information content (AvgIpc) is 3.58. The number of carbonyl (C=O) groups excluding carboxylic acids is 2. The number of nitrogens with zero attached hydrogens (tertiary/aromatic N) is 2. The fraction of sp³-hybridized carbons (Fsp3) is 0.480. The van der Waals surface area contributed by atoms with E-state index >= 15 is 0 Å². The predicted molar refractivity (Wildman–Crippen MR) is 132 cm³/mol. The highest BCUT2D eigenvalue weighted by molar-refractivity contribution is 7.98. The van der Waals surface area contributed by atoms with Crippen LogP contribution < -0.4 is 10.0 Å². The molecule has 1 aromatic carbocycles. The molecule has 1 aliphatic heterocycles. The van der Waals surface area contributed by atoms with Gasteiger partial charge in [0, 0.05) is 36.9 Å². The molecule has 0 radical (unpaired) electrons. The molecule has 1 saturated carbocycles. The molecular weight excluding hydrogens is 534 g/mol. The van der Waals surface area contributed by atoms with Crippen molar-refractivity contribution in [3.8, 4) is 0 Å². The number of unbranched alkanes of at least 4 members (excludes halogenated alkanes) is 1. The molecule has 4 rings (SSSR count). The number of hydrogen-bond acceptors (Lipinski definition) is 4. The summed E-state index contributed by atoms with van der Waals surface area (Å²) in [7, 11) is 1.61. The zero-order valence-corrected chi connectivity index (χ0v) is 21.3. The van der Waals surface area contributed by atoms with Gasteiger partial charge in [-0.25, -0.2) is 0 Å². The summed E-state index contributed by atoms with van der Waals surface area (Å²) < 4.78 is 78.4. The Morgan fingerprint density at radius 3 is 2.34 bits per heavy atom. The molecule has 1 unspecified atom stereocenters. The van der Waals surface area contributed by atoms with E-state index in [4.69, 9.17) is 0 Å². The minimum Gasteiger partial charge on any atom is -0.340 e. The third-order valence-corrected chi connectivity index (χ3v) is 6.86. The molecule has 0 bridgehead atoms. The lowest BCUT2D eigenvalue weighted by molar-refractivity contribution is -0.160. The summed E-state index contributed by atoms with van der Waals surface area (Å²) in [5.41, 5.74) is 1.01. The Bertz CT molecular complexity index is 1130. The van der Waals surface area contributed by atoms with Crippen LogP contribution in [0.3, 0.4) is 0 Å². The van der Waals surface area contributed by atoms with Gasteiger partial charge in [-0.3, -0.25) is 19.0 Å². The van der Waals surface area contributed by atoms with E-state index in [2.05, 4.69) is 9.82 Å². The molecule has 2 N–H and O–H groups in total. The largest absolute Gasteiger partial charge is 0.408 e. The number of amides is 2. The van der Waals surface area contributed by atoms with Gasteiger partial charge in [0.1, 0.15) is 11.6 Å². The lowest BCUT2D eigenvalue weighted by atomic mass is 9.92. The smallest absolute Gasteiger partial charge is 0.340 e. The lowest BCUT2D eigenvalue weighted by Crippen LogP contribution is -2.50. The molecule has 1 atom stereocenters. The number of carbonyl (C=O) groups is 2. The summed E-state index contributed by atoms with van der Waals surface area (Å²) in [6, 6.07) is 9.04. The molecule has 6 nitrogen and oxygen atoms in total. The van der Waals surface area contributed by atoms with E-state index < -0.39 is 43.1 Å². The number of alkyl halides is 6. The van der Waals surface area contributed by atoms with Crippen molar-refractivity contribution >= 4 is 29.3 Å². The Balaban J connectivity index is 0.000000244. The Kier molecular flexibility index (Phi) is 9.91. The first kappa shape index (κ1) is 29.6. The van der Waals surface area contributed by atoms with Gasteiger partial charge in [-0.1, -0.05) is 30.3 Å². The number of benzene rings is 1. The second-order valence-electron chi connectivity index (χ2n) is 9.06. The van der Waals surface area contributed by atoms with Crippen LogP contribution in [0.1, 0.15) is 49.8 Å². The minimum atomic E-state index is -4.60. The molecule has 2 aliphatic rings. The molecular formula is C25H28F6N4O2S. The third-order valence-electron chi connectivity index (χ3n) is 5.75. The zero-order chi connectivity index (χ0) is 27.9. The van der Waals surface area contributed by atoms with Gasteiger partial charge in [0.25, 0.3) is 11.8 Å². The highest BCUT2D eigenvalue weighted by Crippen LogP contribution is 2.35. The average molecular weight is 563 g/mol. The molecule has 208 valence electrons. The molecule has 2 heterocycles. The van der Waals surface area contributed by atoms with Crippen molar-refractivity contribution in [2.24, 2.45) is 7.05 Å². The highest BCUT2D eigenvalue weighted by Gasteiger charge is 2.46. The van der Waals surface area contributed by atoms with Crippen molar-refractivity contribution in [2.45, 2.75) is 68.6 Å². The fourth-order valence-corrected chi connectivity index (χ4v) is 4.39. The Morgan fingerprint density at radius 1 is 1.11 bits per heavy atom. The molecule has 1 aliphatic carbocycles. The number of aromatic nitrogens is 2. The highest BCUT2D eigenvalue weighted by atomic mass is 32.2. The van der Waals surface area contributed by atoms with E-state index in [1.54, 1.807) is 13.2 Å². The number of rotatable bonds is 8. The van der Waals surface area contributed by atoms with Gasteiger partial charge in [0.2, 0.25) is 0 Å². The molecule has 1 aromatic heterocycles. The fourth-order valence-electron chi connectivity index (χ4n) is 3.64. The maximum atomic E-state index is 13.0. The number of halogens is 6. The SMILES string of the molecule is Cn1ccc(C2=C(C(=O)NSC3CC3)C(=O)NC(C(F)(F)F)C2)n1.FC(F)(F)CCCCc1ccccc1. The Hall–Kier alpha value is -2.96. The maximum absolute atomic E-state index is 13.0. The third kappa shape index (κ3) is 9.41. The van der Waals surface area contributed by atoms with Crippen LogP contribution in [0.25, 0.3) is 5.57 Å². The summed E-state index contributed by atoms with van der Waals surface area (Å²) in [6.45, 7) is 0. The zero-order valence-electron chi connectivity index (χ0n) is 20.5. The van der Waals surface area contributed by atoms with Crippen LogP contribution in [0.15, 0.2) is 48.2 Å². The van der Waals surface area contributed by atoms with Crippen LogP contribution in [0.5, 0.6) is 0 Å². The van der Waals surface area contributed by atoms with Gasteiger partial charge in [-0.05, 0) is 55.7 Å². The van der Waals surface area contributed by atoms with Gasteiger partial charge in [0.15, 0.2) is 0 Å². The van der Waals surface area contributed by atoms with Crippen LogP contribution in [0.2, 0.25) is 0 Å². The van der Waals surface area contributed by atoms with Gasteiger partial charge in [0.05, 0.1) is 5.69 Å². The van der Waals surface area contributed by atoms with Gasteiger partial charge >= 0.3 is 12.4 Å². The number of aryl methyl sites for hydroxylation is 2. The van der Waals surface area contributed by atoms with Gasteiger partial charge in [-0.2, -0.15) is 31.4 Å². The van der Waals surface area contributed by atoms with E-state index in [9.17, 15) is 35.9 Å². The van der Waals surface area contributed by atoms with Crippen molar-refractivity contribution < 1.29 is 35.9 Å². The maximum Gasteiger partial charge on any atom is 0.408 e. The first-order chi connectivity index (χ1) is 17.8. The van der Waals surface area contributed by atoms with Crippen LogP contribution in [0, 0.1) is 0 Å². The van der Waals surface area contributed by atoms with E-state index in [1.807, 2.05) is 35.6 Å². The van der Waals surface area contributed by atoms with Crippen molar-refractivity contribution in [2.75, 3.05) is 0 Å². The first-order valence-corrected chi connectivity index (χ1v) is 12.9. The lowest BCUT2D eigenvalue weighted by Gasteiger charge is -2.28. The van der Waals surface area contributed by atoms with E-state index in [-0.39, 0.29) is 23.3 Å². The van der Waals surface area contributed by atoms with Crippen LogP contribution in [-0.2, 0) is 23.1 Å². The summed E-state index contributed by atoms with van der Waals surface area (Å²) in [5, 5.41) is 6.23. The van der Waals surface area contributed by atoms with Gasteiger partial charge in [-0.15, -0.1) is 0 Å². The van der Waals surface area contributed by atoms with Gasteiger partial charge < -0.3 is 5.32 Å². The van der Waals surface area contributed by atoms with Crippen LogP contribution in [0.4, 0.5) is 26.3 Å². The first-order valence-electron chi connectivity index (χ1n) is 12.0. The van der Waals surface area contributed by atoms with Crippen LogP contribution >= 0.6 is 11.9 Å². The van der Waals surface area contributed by atoms with E-state index in [0.717, 1.165) is 24.8 Å². The molecule has 2 aromatic rings. The van der Waals surface area contributed by atoms with Crippen molar-refractivity contribution in [1.82, 2.24) is 19.8 Å². The summed E-state index contributed by atoms with van der Waals surface area (Å²) in [6.07, 6.45) is -4.75. The van der Waals surface area contributed by atoms with Crippen molar-refractivity contribution in [1.29, 1.82) is 0 Å². The summed E-state index contributed by atoms with van der Waals surface area (Å²) in [4.78, 5) is 24.5. The number of nitrogens with one attached hydrogen (secondary N) is 2. The quantitative estimate of drug-likeness (QED) is 0.193. The standard InChI is InChI=1S/C14H15F3N4O2S.C11H13F3/c1-21-5-4-9(19-21)8-6-10(14(15,16)17)18-12(22)11(8)13(23)20-24-7-2-3-7;12-11(13,14)9-5-4-8-10-6-2-1-3-7-10/h4-5,7,10H,2-3,6H2,1H3,(H,18,22)(H,20,23);1-3,6-7H,4-5,8-9H2. The van der Waals surface area contributed by atoms with Crippen molar-refractivity contribution in [3.63, 3.8) is 0 Å². The van der Waals surface area contributed by atoms with E-state index in [0.29, 0.717) is 11.7 Å². The molecule has 38 heavy (non-hydrogen) atoms. The summed E-state index contributed by atoms with van der Waals surface area (Å²) >= 11 is 1.19. The molecule has 2 amide bonds. The normalized spacial score (nSPS) is 18.0. The summed E-state index contributed by atoms with van der Waals surface area (Å²) in [5.74, 6) is -1.72. The molecule has 1 fully saturated rings. The second kappa shape index (κ2) is 12.7. The molecule has 13 heteroatoms. The second-order valence-corrected chi connectivity index (χ2v) is 10.2.